The van der Waals surface area contributed by atoms with Crippen LogP contribution in [0.1, 0.15) is 25.0 Å². The highest BCUT2D eigenvalue weighted by Crippen LogP contribution is 2.24. The molecule has 0 aliphatic carbocycles. The van der Waals surface area contributed by atoms with Gasteiger partial charge in [0, 0.05) is 18.6 Å². The molecule has 1 fully saturated rings. The molecule has 1 saturated heterocycles. The molecule has 0 aromatic heterocycles. The van der Waals surface area contributed by atoms with Crippen molar-refractivity contribution in [3.05, 3.63) is 77.3 Å². The highest BCUT2D eigenvalue weighted by Gasteiger charge is 2.39. The van der Waals surface area contributed by atoms with E-state index in [-0.39, 0.29) is 30.3 Å². The first-order chi connectivity index (χ1) is 17.1. The Hall–Kier alpha value is -2.98. The van der Waals surface area contributed by atoms with Crippen LogP contribution < -0.4 is 4.72 Å². The summed E-state index contributed by atoms with van der Waals surface area (Å²) in [6, 6.07) is 17.1. The predicted octanol–water partition coefficient (Wildman–Crippen LogP) is 2.95. The van der Waals surface area contributed by atoms with E-state index in [0.29, 0.717) is 16.0 Å². The van der Waals surface area contributed by atoms with Gasteiger partial charge in [0.2, 0.25) is 21.8 Å². The van der Waals surface area contributed by atoms with Crippen LogP contribution in [0.15, 0.2) is 71.6 Å². The van der Waals surface area contributed by atoms with Gasteiger partial charge in [-0.05, 0) is 53.9 Å². The van der Waals surface area contributed by atoms with Crippen molar-refractivity contribution < 1.29 is 23.1 Å². The number of hydrogen-bond donors (Lipinski definition) is 2. The second kappa shape index (κ2) is 10.6. The molecule has 10 heteroatoms. The molecule has 3 aromatic rings. The van der Waals surface area contributed by atoms with E-state index in [9.17, 15) is 23.1 Å². The third-order valence-corrected chi connectivity index (χ3v) is 8.16. The molecule has 0 radical (unpaired) electrons. The monoisotopic (exact) mass is 529 g/mol. The maximum atomic E-state index is 13.0. The molecular formula is C26H28ClN3O5S. The fourth-order valence-electron chi connectivity index (χ4n) is 4.40. The van der Waals surface area contributed by atoms with Crippen molar-refractivity contribution in [2.45, 2.75) is 36.4 Å². The van der Waals surface area contributed by atoms with Crippen LogP contribution in [0.5, 0.6) is 0 Å². The summed E-state index contributed by atoms with van der Waals surface area (Å²) in [5.41, 5.74) is 0.688. The fourth-order valence-corrected chi connectivity index (χ4v) is 5.83. The van der Waals surface area contributed by atoms with Gasteiger partial charge in [0.25, 0.3) is 0 Å². The molecule has 190 valence electrons. The summed E-state index contributed by atoms with van der Waals surface area (Å²) < 4.78 is 28.5. The Balaban J connectivity index is 1.40. The lowest BCUT2D eigenvalue weighted by Crippen LogP contribution is -2.50. The van der Waals surface area contributed by atoms with Gasteiger partial charge in [0.15, 0.2) is 0 Å². The summed E-state index contributed by atoms with van der Waals surface area (Å²) in [5.74, 6) is -0.793. The zero-order chi connectivity index (χ0) is 26.0. The van der Waals surface area contributed by atoms with Crippen LogP contribution in [-0.2, 0) is 19.6 Å². The number of halogens is 1. The lowest BCUT2D eigenvalue weighted by Gasteiger charge is -2.29. The number of benzene rings is 3. The number of hydrogen-bond acceptors (Lipinski definition) is 5. The van der Waals surface area contributed by atoms with E-state index in [0.717, 1.165) is 5.39 Å². The van der Waals surface area contributed by atoms with Crippen LogP contribution in [0.25, 0.3) is 10.8 Å². The minimum atomic E-state index is -3.97. The van der Waals surface area contributed by atoms with Gasteiger partial charge >= 0.3 is 0 Å². The van der Waals surface area contributed by atoms with Crippen molar-refractivity contribution in [3.63, 3.8) is 0 Å². The summed E-state index contributed by atoms with van der Waals surface area (Å²) in [7, 11) is -2.40. The van der Waals surface area contributed by atoms with Crippen LogP contribution in [0, 0.1) is 0 Å². The number of sulfonamides is 1. The molecule has 3 atom stereocenters. The van der Waals surface area contributed by atoms with Gasteiger partial charge in [0.1, 0.15) is 12.1 Å². The molecule has 1 aliphatic heterocycles. The highest BCUT2D eigenvalue weighted by molar-refractivity contribution is 7.89. The molecule has 1 unspecified atom stereocenters. The molecule has 8 nitrogen and oxygen atoms in total. The Morgan fingerprint density at radius 2 is 1.81 bits per heavy atom. The lowest BCUT2D eigenvalue weighted by atomic mass is 10.1. The van der Waals surface area contributed by atoms with E-state index < -0.39 is 34.1 Å². The maximum Gasteiger partial charge on any atom is 0.244 e. The Bertz CT molecular complexity index is 1380. The van der Waals surface area contributed by atoms with Gasteiger partial charge in [-0.1, -0.05) is 54.1 Å². The number of rotatable bonds is 8. The summed E-state index contributed by atoms with van der Waals surface area (Å²) in [5, 5.41) is 12.5. The number of fused-ring (bicyclic) bond motifs is 1. The number of nitrogens with zero attached hydrogens (tertiary/aromatic N) is 2. The number of nitrogens with one attached hydrogen (secondary N) is 1. The summed E-state index contributed by atoms with van der Waals surface area (Å²) in [6.45, 7) is 1.92. The molecule has 0 saturated carbocycles. The summed E-state index contributed by atoms with van der Waals surface area (Å²) in [4.78, 5) is 28.8. The first-order valence-electron chi connectivity index (χ1n) is 11.6. The predicted molar refractivity (Wildman–Crippen MR) is 138 cm³/mol. The Morgan fingerprint density at radius 1 is 1.14 bits per heavy atom. The van der Waals surface area contributed by atoms with Crippen molar-refractivity contribution >= 4 is 44.2 Å². The van der Waals surface area contributed by atoms with Gasteiger partial charge < -0.3 is 14.9 Å². The first kappa shape index (κ1) is 26.1. The molecule has 0 spiro atoms. The van der Waals surface area contributed by atoms with E-state index in [1.165, 1.54) is 21.9 Å². The molecule has 0 bridgehead atoms. The van der Waals surface area contributed by atoms with Crippen molar-refractivity contribution in [1.82, 2.24) is 14.5 Å². The van der Waals surface area contributed by atoms with E-state index in [1.807, 2.05) is 6.07 Å². The normalized spacial score (nSPS) is 17.8. The average molecular weight is 530 g/mol. The molecule has 1 aliphatic rings. The molecule has 36 heavy (non-hydrogen) atoms. The number of aliphatic hydroxyl groups is 1. The quantitative estimate of drug-likeness (QED) is 0.466. The van der Waals surface area contributed by atoms with Gasteiger partial charge in [-0.2, -0.15) is 4.72 Å². The van der Waals surface area contributed by atoms with Crippen LogP contribution >= 0.6 is 11.6 Å². The third kappa shape index (κ3) is 5.54. The Morgan fingerprint density at radius 3 is 2.53 bits per heavy atom. The SMILES string of the molecule is C[C@@H](C(=O)N(C)CC(O)c1ccccc1)N1CC[C@H](NS(=O)(=O)c2ccc3cc(Cl)ccc3c2)C1=O. The van der Waals surface area contributed by atoms with Crippen LogP contribution in [0.3, 0.4) is 0 Å². The van der Waals surface area contributed by atoms with Crippen LogP contribution in [-0.4, -0.2) is 67.4 Å². The molecule has 2 N–H and O–H groups in total. The molecule has 3 aromatic carbocycles. The van der Waals surface area contributed by atoms with E-state index in [4.69, 9.17) is 11.6 Å². The van der Waals surface area contributed by atoms with E-state index >= 15 is 0 Å². The molecule has 2 amide bonds. The minimum absolute atomic E-state index is 0.0438. The fraction of sp³-hybridized carbons (Fsp3) is 0.308. The number of likely N-dealkylation sites (N-methyl/N-ethyl adjacent to an activating group) is 1. The number of amides is 2. The van der Waals surface area contributed by atoms with Gasteiger partial charge in [-0.25, -0.2) is 8.42 Å². The highest BCUT2D eigenvalue weighted by atomic mass is 35.5. The van der Waals surface area contributed by atoms with Gasteiger partial charge in [-0.3, -0.25) is 9.59 Å². The Kier molecular flexibility index (Phi) is 7.65. The van der Waals surface area contributed by atoms with Crippen molar-refractivity contribution in [2.75, 3.05) is 20.1 Å². The van der Waals surface area contributed by atoms with Crippen LogP contribution in [0.2, 0.25) is 5.02 Å². The van der Waals surface area contributed by atoms with Crippen molar-refractivity contribution in [3.8, 4) is 0 Å². The largest absolute Gasteiger partial charge is 0.387 e. The van der Waals surface area contributed by atoms with Crippen LogP contribution in [0.4, 0.5) is 0 Å². The second-order valence-electron chi connectivity index (χ2n) is 8.97. The topological polar surface area (TPSA) is 107 Å². The minimum Gasteiger partial charge on any atom is -0.387 e. The third-order valence-electron chi connectivity index (χ3n) is 6.45. The zero-order valence-corrected chi connectivity index (χ0v) is 21.5. The smallest absolute Gasteiger partial charge is 0.244 e. The Labute approximate surface area is 215 Å². The zero-order valence-electron chi connectivity index (χ0n) is 20.0. The van der Waals surface area contributed by atoms with Gasteiger partial charge in [0.05, 0.1) is 17.5 Å². The molecule has 1 heterocycles. The van der Waals surface area contributed by atoms with E-state index in [2.05, 4.69) is 4.72 Å². The van der Waals surface area contributed by atoms with Crippen molar-refractivity contribution in [2.24, 2.45) is 0 Å². The number of carbonyl (C=O) groups excluding carboxylic acids is 2. The number of aliphatic hydroxyl groups excluding tert-OH is 1. The van der Waals surface area contributed by atoms with Crippen molar-refractivity contribution in [1.29, 1.82) is 0 Å². The first-order valence-corrected chi connectivity index (χ1v) is 13.4. The summed E-state index contributed by atoms with van der Waals surface area (Å²) >= 11 is 6.00. The maximum absolute atomic E-state index is 13.0. The molecular weight excluding hydrogens is 502 g/mol. The van der Waals surface area contributed by atoms with E-state index in [1.54, 1.807) is 62.5 Å². The standard InChI is InChI=1S/C26H28ClN3O5S/c1-17(25(32)29(2)16-24(31)18-6-4-3-5-7-18)30-13-12-23(26(30)33)28-36(34,35)22-11-9-19-14-21(27)10-8-20(19)15-22/h3-11,14-15,17,23-24,28,31H,12-13,16H2,1-2H3/t17-,23-,24?/m0/s1. The summed E-state index contributed by atoms with van der Waals surface area (Å²) in [6.07, 6.45) is -0.617. The second-order valence-corrected chi connectivity index (χ2v) is 11.1. The lowest BCUT2D eigenvalue weighted by molar-refractivity contribution is -0.143. The molecule has 4 rings (SSSR count). The number of likely N-dealkylation sites (tertiary alicyclic amines) is 1. The average Bonchev–Trinajstić information content (AvgIpc) is 3.22. The van der Waals surface area contributed by atoms with Gasteiger partial charge in [-0.15, -0.1) is 0 Å². The number of carbonyl (C=O) groups is 2.